The Morgan fingerprint density at radius 2 is 1.46 bits per heavy atom. The van der Waals surface area contributed by atoms with Gasteiger partial charge in [-0.1, -0.05) is 101 Å². The first-order chi connectivity index (χ1) is 35.0. The van der Waals surface area contributed by atoms with Crippen LogP contribution in [0.5, 0.6) is 0 Å². The normalized spacial score (nSPS) is 12.7. The molecule has 1 unspecified atom stereocenters. The van der Waals surface area contributed by atoms with Gasteiger partial charge in [-0.05, 0) is 82.2 Å². The van der Waals surface area contributed by atoms with Gasteiger partial charge in [-0.15, -0.1) is 5.10 Å². The van der Waals surface area contributed by atoms with E-state index in [9.17, 15) is 33.6 Å². The number of hydrogen-bond acceptors (Lipinski definition) is 11. The average Bonchev–Trinajstić information content (AvgIpc) is 3.79. The Kier molecular flexibility index (Phi) is 20.6. The molecule has 5 rings (SSSR count). The summed E-state index contributed by atoms with van der Waals surface area (Å²) in [4.78, 5) is 94.2. The molecule has 6 amide bonds. The van der Waals surface area contributed by atoms with Crippen molar-refractivity contribution in [1.82, 2.24) is 35.8 Å². The molecule has 1 aliphatic rings. The molecule has 400 valence electrons. The van der Waals surface area contributed by atoms with E-state index >= 15 is 0 Å². The average molecular weight is 1020 g/mol. The van der Waals surface area contributed by atoms with Crippen molar-refractivity contribution in [2.75, 3.05) is 43.5 Å². The number of anilines is 2. The molecule has 0 spiro atoms. The summed E-state index contributed by atoms with van der Waals surface area (Å²) in [5.41, 5.74) is 4.99. The van der Waals surface area contributed by atoms with Gasteiger partial charge in [0.15, 0.2) is 0 Å². The summed E-state index contributed by atoms with van der Waals surface area (Å²) in [5, 5.41) is 20.1. The van der Waals surface area contributed by atoms with E-state index in [4.69, 9.17) is 9.47 Å². The molecule has 18 nitrogen and oxygen atoms in total. The van der Waals surface area contributed by atoms with Gasteiger partial charge in [0, 0.05) is 74.3 Å². The van der Waals surface area contributed by atoms with Crippen molar-refractivity contribution >= 4 is 52.8 Å². The largest absolute Gasteiger partial charge is 0.461 e. The second kappa shape index (κ2) is 26.3. The zero-order valence-electron chi connectivity index (χ0n) is 45.1. The molecule has 74 heavy (non-hydrogen) atoms. The fourth-order valence-electron chi connectivity index (χ4n) is 8.21. The van der Waals surface area contributed by atoms with Crippen LogP contribution in [0, 0.1) is 17.3 Å². The predicted octanol–water partition coefficient (Wildman–Crippen LogP) is 7.37. The highest BCUT2D eigenvalue weighted by Crippen LogP contribution is 2.42. The van der Waals surface area contributed by atoms with Crippen molar-refractivity contribution in [3.05, 3.63) is 83.9 Å². The van der Waals surface area contributed by atoms with E-state index in [1.807, 2.05) is 80.9 Å². The van der Waals surface area contributed by atoms with Crippen molar-refractivity contribution < 1.29 is 43.0 Å². The third-order valence-corrected chi connectivity index (χ3v) is 13.0. The highest BCUT2D eigenvalue weighted by molar-refractivity contribution is 6.00. The van der Waals surface area contributed by atoms with Crippen molar-refractivity contribution in [3.63, 3.8) is 0 Å². The van der Waals surface area contributed by atoms with Crippen LogP contribution in [0.25, 0.3) is 22.5 Å². The monoisotopic (exact) mass is 1020 g/mol. The van der Waals surface area contributed by atoms with Gasteiger partial charge >= 0.3 is 5.97 Å². The van der Waals surface area contributed by atoms with Crippen LogP contribution in [0.4, 0.5) is 11.4 Å². The number of carbonyl (C=O) groups is 7. The number of esters is 1. The maximum absolute atomic E-state index is 14.0. The fraction of sp³-hybridized carbons (Fsp3) is 0.518. The molecule has 0 radical (unpaired) electrons. The third kappa shape index (κ3) is 16.3. The molecule has 2 heterocycles. The predicted molar refractivity (Wildman–Crippen MR) is 284 cm³/mol. The van der Waals surface area contributed by atoms with Gasteiger partial charge < -0.3 is 40.5 Å². The molecule has 1 aliphatic heterocycles. The summed E-state index contributed by atoms with van der Waals surface area (Å²) in [6, 6.07) is 21.7. The van der Waals surface area contributed by atoms with Crippen LogP contribution in [-0.2, 0) is 56.2 Å². The Morgan fingerprint density at radius 1 is 0.784 bits per heavy atom. The summed E-state index contributed by atoms with van der Waals surface area (Å²) in [7, 11) is 1.70. The van der Waals surface area contributed by atoms with Gasteiger partial charge in [0.25, 0.3) is 0 Å². The van der Waals surface area contributed by atoms with Gasteiger partial charge in [0.2, 0.25) is 35.4 Å². The molecule has 0 bridgehead atoms. The van der Waals surface area contributed by atoms with Crippen molar-refractivity contribution in [1.29, 1.82) is 0 Å². The lowest BCUT2D eigenvalue weighted by Gasteiger charge is -2.31. The first kappa shape index (κ1) is 57.9. The van der Waals surface area contributed by atoms with Crippen LogP contribution in [0.2, 0.25) is 0 Å². The minimum absolute atomic E-state index is 0.0323. The Morgan fingerprint density at radius 3 is 2.14 bits per heavy atom. The maximum atomic E-state index is 14.0. The molecule has 0 saturated carbocycles. The second-order valence-electron chi connectivity index (χ2n) is 21.2. The van der Waals surface area contributed by atoms with E-state index < -0.39 is 28.9 Å². The zero-order valence-corrected chi connectivity index (χ0v) is 45.1. The van der Waals surface area contributed by atoms with E-state index in [1.54, 1.807) is 68.8 Å². The topological polar surface area (TPSA) is 223 Å². The Bertz CT molecular complexity index is 2600. The summed E-state index contributed by atoms with van der Waals surface area (Å²) >= 11 is 0. The van der Waals surface area contributed by atoms with Gasteiger partial charge in [-0.25, -0.2) is 4.68 Å². The molecule has 4 aromatic rings. The van der Waals surface area contributed by atoms with Crippen LogP contribution in [-0.4, -0.2) is 106 Å². The number of fused-ring (bicyclic) bond motifs is 5. The number of hydrogen-bond donors (Lipinski definition) is 4. The van der Waals surface area contributed by atoms with Crippen molar-refractivity contribution in [2.45, 2.75) is 139 Å². The quantitative estimate of drug-likeness (QED) is 0.0480. The molecule has 0 saturated heterocycles. The van der Waals surface area contributed by atoms with Crippen LogP contribution in [0.3, 0.4) is 0 Å². The second-order valence-corrected chi connectivity index (χ2v) is 21.2. The molecular formula is C56H77N9O9. The number of nitrogens with one attached hydrogen (secondary N) is 4. The molecule has 1 atom stereocenters. The van der Waals surface area contributed by atoms with Crippen LogP contribution < -0.4 is 26.2 Å². The smallest absolute Gasteiger partial charge is 0.308 e. The lowest BCUT2D eigenvalue weighted by Crippen LogP contribution is -2.51. The first-order valence-electron chi connectivity index (χ1n) is 25.7. The minimum atomic E-state index is -0.886. The number of benzene rings is 3. The standard InChI is InChI=1S/C56H77N9O9/c1-36(2)49(52(70)58-33-46(67)59-41-25-23-39(24-26-41)35-73-53(71)37(3)4)60-45(66)21-16-22-47(68)63(11)31-28-56(9,10)74-32-29-55(7,8)54(72)57-30-27-48(69)64-34-40-17-12-13-18-42(40)51-50(61-62-65(51)38(5)6)43-19-14-15-20-44(43)64/h12-15,17-20,23-26,36-38,49H,16,21-22,27-35H2,1-11H3,(H,57,72)(H,58,70)(H,59,67)(H,60,66). The van der Waals surface area contributed by atoms with Gasteiger partial charge in [-0.3, -0.25) is 33.6 Å². The van der Waals surface area contributed by atoms with Crippen LogP contribution >= 0.6 is 0 Å². The fourth-order valence-corrected chi connectivity index (χ4v) is 8.21. The molecule has 0 aliphatic carbocycles. The SMILES string of the molecule is CC(C)C(=O)OCc1ccc(NC(=O)CNC(=O)C(NC(=O)CCCC(=O)N(C)CCC(C)(C)OCCC(C)(C)C(=O)NCCC(=O)N2Cc3ccccc3-c3c(nnn3C(C)C)-c3ccccc32)C(C)C)cc1. The van der Waals surface area contributed by atoms with E-state index in [0.717, 1.165) is 33.6 Å². The van der Waals surface area contributed by atoms with Crippen molar-refractivity contribution in [3.8, 4) is 22.5 Å². The number of nitrogens with zero attached hydrogens (tertiary/aromatic N) is 5. The number of amides is 6. The number of para-hydroxylation sites is 1. The summed E-state index contributed by atoms with van der Waals surface area (Å²) < 4.78 is 13.4. The summed E-state index contributed by atoms with van der Waals surface area (Å²) in [6.45, 7) is 19.8. The highest BCUT2D eigenvalue weighted by atomic mass is 16.5. The Balaban J connectivity index is 0.990. The number of ether oxygens (including phenoxy) is 2. The van der Waals surface area contributed by atoms with Gasteiger partial charge in [0.1, 0.15) is 18.3 Å². The number of aromatic nitrogens is 3. The molecule has 18 heteroatoms. The summed E-state index contributed by atoms with van der Waals surface area (Å²) in [5.74, 6) is -2.60. The van der Waals surface area contributed by atoms with Crippen LogP contribution in [0.1, 0.15) is 125 Å². The lowest BCUT2D eigenvalue weighted by atomic mass is 9.88. The maximum Gasteiger partial charge on any atom is 0.308 e. The Hall–Kier alpha value is -6.95. The first-order valence-corrected chi connectivity index (χ1v) is 25.7. The molecule has 0 fully saturated rings. The van der Waals surface area contributed by atoms with E-state index in [0.29, 0.717) is 43.9 Å². The number of carbonyl (C=O) groups excluding carboxylic acids is 7. The summed E-state index contributed by atoms with van der Waals surface area (Å²) in [6.07, 6.45) is 1.48. The van der Waals surface area contributed by atoms with E-state index in [-0.39, 0.29) is 92.9 Å². The van der Waals surface area contributed by atoms with Crippen molar-refractivity contribution in [2.24, 2.45) is 17.3 Å². The van der Waals surface area contributed by atoms with E-state index in [1.165, 1.54) is 0 Å². The molecular weight excluding hydrogens is 943 g/mol. The minimum Gasteiger partial charge on any atom is -0.461 e. The third-order valence-electron chi connectivity index (χ3n) is 13.0. The molecule has 1 aromatic heterocycles. The zero-order chi connectivity index (χ0) is 54.3. The van der Waals surface area contributed by atoms with Gasteiger partial charge in [0.05, 0.1) is 36.0 Å². The number of rotatable bonds is 25. The highest BCUT2D eigenvalue weighted by Gasteiger charge is 2.32. The van der Waals surface area contributed by atoms with Gasteiger partial charge in [-0.2, -0.15) is 0 Å². The van der Waals surface area contributed by atoms with Crippen LogP contribution in [0.15, 0.2) is 72.8 Å². The molecule has 3 aromatic carbocycles. The Labute approximate surface area is 436 Å². The van der Waals surface area contributed by atoms with E-state index in [2.05, 4.69) is 45.4 Å². The lowest BCUT2D eigenvalue weighted by molar-refractivity contribution is -0.148. The molecule has 4 N–H and O–H groups in total.